The van der Waals surface area contributed by atoms with Gasteiger partial charge in [-0.1, -0.05) is 18.2 Å². The first-order valence-corrected chi connectivity index (χ1v) is 5.00. The van der Waals surface area contributed by atoms with Crippen molar-refractivity contribution in [1.29, 1.82) is 5.26 Å². The van der Waals surface area contributed by atoms with Gasteiger partial charge in [0, 0.05) is 7.05 Å². The summed E-state index contributed by atoms with van der Waals surface area (Å²) in [5, 5.41) is 11.3. The first-order valence-electron chi connectivity index (χ1n) is 5.00. The molecular formula is C13H14N2O. The van der Waals surface area contributed by atoms with Gasteiger partial charge < -0.3 is 5.32 Å². The van der Waals surface area contributed by atoms with Crippen LogP contribution in [0, 0.1) is 25.2 Å². The second-order valence-electron chi connectivity index (χ2n) is 3.54. The van der Waals surface area contributed by atoms with Gasteiger partial charge in [-0.05, 0) is 36.6 Å². The van der Waals surface area contributed by atoms with E-state index in [2.05, 4.69) is 5.32 Å². The van der Waals surface area contributed by atoms with E-state index in [-0.39, 0.29) is 11.5 Å². The molecule has 0 atom stereocenters. The van der Waals surface area contributed by atoms with Crippen LogP contribution in [0.4, 0.5) is 0 Å². The van der Waals surface area contributed by atoms with Gasteiger partial charge in [-0.25, -0.2) is 0 Å². The topological polar surface area (TPSA) is 52.9 Å². The minimum atomic E-state index is -0.358. The van der Waals surface area contributed by atoms with Crippen LogP contribution in [-0.4, -0.2) is 13.0 Å². The Balaban J connectivity index is 3.20. The molecule has 1 rings (SSSR count). The molecule has 0 aliphatic carbocycles. The molecule has 16 heavy (non-hydrogen) atoms. The van der Waals surface area contributed by atoms with E-state index in [1.165, 1.54) is 7.05 Å². The highest BCUT2D eigenvalue weighted by atomic mass is 16.1. The van der Waals surface area contributed by atoms with E-state index in [0.29, 0.717) is 0 Å². The first-order chi connectivity index (χ1) is 7.60. The summed E-state index contributed by atoms with van der Waals surface area (Å²) in [6.07, 6.45) is 1.61. The second-order valence-corrected chi connectivity index (χ2v) is 3.54. The third kappa shape index (κ3) is 2.48. The van der Waals surface area contributed by atoms with Crippen LogP contribution in [0.2, 0.25) is 0 Å². The summed E-state index contributed by atoms with van der Waals surface area (Å²) in [6.45, 7) is 3.97. The maximum absolute atomic E-state index is 11.3. The highest BCUT2D eigenvalue weighted by Crippen LogP contribution is 2.15. The Labute approximate surface area is 95.4 Å². The number of nitriles is 1. The molecule has 0 saturated carbocycles. The van der Waals surface area contributed by atoms with Gasteiger partial charge in [0.1, 0.15) is 11.6 Å². The highest BCUT2D eigenvalue weighted by molar-refractivity contribution is 6.01. The lowest BCUT2D eigenvalue weighted by atomic mass is 10.0. The molecule has 1 aromatic carbocycles. The van der Waals surface area contributed by atoms with Crippen LogP contribution >= 0.6 is 0 Å². The van der Waals surface area contributed by atoms with Crippen LogP contribution in [0.5, 0.6) is 0 Å². The molecule has 0 radical (unpaired) electrons. The number of carbonyl (C=O) groups is 1. The first kappa shape index (κ1) is 12.0. The average Bonchev–Trinajstić information content (AvgIpc) is 2.30. The largest absolute Gasteiger partial charge is 0.354 e. The zero-order chi connectivity index (χ0) is 12.1. The lowest BCUT2D eigenvalue weighted by Crippen LogP contribution is -2.19. The van der Waals surface area contributed by atoms with Crippen molar-refractivity contribution in [2.24, 2.45) is 0 Å². The summed E-state index contributed by atoms with van der Waals surface area (Å²) in [4.78, 5) is 11.3. The van der Waals surface area contributed by atoms with Crippen molar-refractivity contribution in [3.63, 3.8) is 0 Å². The monoisotopic (exact) mass is 214 g/mol. The van der Waals surface area contributed by atoms with Crippen LogP contribution in [0.25, 0.3) is 6.08 Å². The number of nitrogens with one attached hydrogen (secondary N) is 1. The summed E-state index contributed by atoms with van der Waals surface area (Å²) in [5.41, 5.74) is 3.25. The third-order valence-corrected chi connectivity index (χ3v) is 2.54. The molecule has 0 heterocycles. The molecule has 82 valence electrons. The fourth-order valence-corrected chi connectivity index (χ4v) is 1.37. The van der Waals surface area contributed by atoms with Crippen molar-refractivity contribution in [2.45, 2.75) is 13.8 Å². The molecule has 1 aromatic rings. The second kappa shape index (κ2) is 5.13. The van der Waals surface area contributed by atoms with Crippen molar-refractivity contribution >= 4 is 12.0 Å². The van der Waals surface area contributed by atoms with Gasteiger partial charge in [0.05, 0.1) is 0 Å². The number of benzene rings is 1. The van der Waals surface area contributed by atoms with E-state index in [0.717, 1.165) is 16.7 Å². The molecule has 3 nitrogen and oxygen atoms in total. The Morgan fingerprint density at radius 1 is 1.44 bits per heavy atom. The number of aryl methyl sites for hydroxylation is 1. The summed E-state index contributed by atoms with van der Waals surface area (Å²) < 4.78 is 0. The normalized spacial score (nSPS) is 10.8. The summed E-state index contributed by atoms with van der Waals surface area (Å²) in [6, 6.07) is 7.70. The van der Waals surface area contributed by atoms with Crippen LogP contribution in [-0.2, 0) is 4.79 Å². The standard InChI is InChI=1S/C13H14N2O/c1-9-5-4-6-11(10(9)2)7-12(8-14)13(16)15-3/h4-7H,1-3H3,(H,15,16). The molecule has 1 N–H and O–H groups in total. The Morgan fingerprint density at radius 2 is 2.12 bits per heavy atom. The maximum atomic E-state index is 11.3. The van der Waals surface area contributed by atoms with Crippen LogP contribution in [0.1, 0.15) is 16.7 Å². The molecule has 0 aromatic heterocycles. The summed E-state index contributed by atoms with van der Waals surface area (Å²) in [7, 11) is 1.51. The van der Waals surface area contributed by atoms with Gasteiger partial charge in [-0.15, -0.1) is 0 Å². The Kier molecular flexibility index (Phi) is 3.84. The molecule has 0 unspecified atom stereocenters. The maximum Gasteiger partial charge on any atom is 0.261 e. The molecule has 0 aliphatic rings. The molecule has 1 amide bonds. The van der Waals surface area contributed by atoms with Crippen molar-refractivity contribution in [2.75, 3.05) is 7.05 Å². The minimum Gasteiger partial charge on any atom is -0.354 e. The van der Waals surface area contributed by atoms with Gasteiger partial charge >= 0.3 is 0 Å². The molecule has 3 heteroatoms. The van der Waals surface area contributed by atoms with E-state index in [9.17, 15) is 4.79 Å². The fraction of sp³-hybridized carbons (Fsp3) is 0.231. The number of rotatable bonds is 2. The predicted octanol–water partition coefficient (Wildman–Crippen LogP) is 1.96. The van der Waals surface area contributed by atoms with Crippen LogP contribution < -0.4 is 5.32 Å². The molecule has 0 bridgehead atoms. The Morgan fingerprint density at radius 3 is 2.69 bits per heavy atom. The Bertz CT molecular complexity index is 481. The van der Waals surface area contributed by atoms with Crippen molar-refractivity contribution in [3.05, 3.63) is 40.5 Å². The zero-order valence-corrected chi connectivity index (χ0v) is 9.66. The number of carbonyl (C=O) groups excluding carboxylic acids is 1. The van der Waals surface area contributed by atoms with E-state index in [1.807, 2.05) is 38.1 Å². The number of nitrogens with zero attached hydrogens (tertiary/aromatic N) is 1. The smallest absolute Gasteiger partial charge is 0.261 e. The number of hydrogen-bond donors (Lipinski definition) is 1. The van der Waals surface area contributed by atoms with Gasteiger partial charge in [-0.3, -0.25) is 4.79 Å². The lowest BCUT2D eigenvalue weighted by molar-refractivity contribution is -0.116. The number of hydrogen-bond acceptors (Lipinski definition) is 2. The van der Waals surface area contributed by atoms with Crippen LogP contribution in [0.3, 0.4) is 0 Å². The van der Waals surface area contributed by atoms with Crippen LogP contribution in [0.15, 0.2) is 23.8 Å². The molecule has 0 fully saturated rings. The van der Waals surface area contributed by atoms with Gasteiger partial charge in [0.15, 0.2) is 0 Å². The van der Waals surface area contributed by atoms with Gasteiger partial charge in [-0.2, -0.15) is 5.26 Å². The van der Waals surface area contributed by atoms with Crippen molar-refractivity contribution < 1.29 is 4.79 Å². The minimum absolute atomic E-state index is 0.121. The lowest BCUT2D eigenvalue weighted by Gasteiger charge is -2.04. The van der Waals surface area contributed by atoms with E-state index in [4.69, 9.17) is 5.26 Å². The van der Waals surface area contributed by atoms with Crippen molar-refractivity contribution in [1.82, 2.24) is 5.32 Å². The Hall–Kier alpha value is -2.08. The molecule has 0 spiro atoms. The summed E-state index contributed by atoms with van der Waals surface area (Å²) >= 11 is 0. The van der Waals surface area contributed by atoms with E-state index >= 15 is 0 Å². The molecule has 0 saturated heterocycles. The molecule has 0 aliphatic heterocycles. The SMILES string of the molecule is CNC(=O)C(C#N)=Cc1cccc(C)c1C. The van der Waals surface area contributed by atoms with Gasteiger partial charge in [0.2, 0.25) is 0 Å². The summed E-state index contributed by atoms with van der Waals surface area (Å²) in [5.74, 6) is -0.358. The average molecular weight is 214 g/mol. The zero-order valence-electron chi connectivity index (χ0n) is 9.66. The number of likely N-dealkylation sites (N-methyl/N-ethyl adjacent to an activating group) is 1. The molecular weight excluding hydrogens is 200 g/mol. The predicted molar refractivity (Wildman–Crippen MR) is 63.6 cm³/mol. The van der Waals surface area contributed by atoms with Crippen molar-refractivity contribution in [3.8, 4) is 6.07 Å². The van der Waals surface area contributed by atoms with E-state index in [1.54, 1.807) is 6.08 Å². The number of amides is 1. The van der Waals surface area contributed by atoms with E-state index < -0.39 is 0 Å². The fourth-order valence-electron chi connectivity index (χ4n) is 1.37. The highest BCUT2D eigenvalue weighted by Gasteiger charge is 2.07. The van der Waals surface area contributed by atoms with Gasteiger partial charge in [0.25, 0.3) is 5.91 Å². The third-order valence-electron chi connectivity index (χ3n) is 2.54. The quantitative estimate of drug-likeness (QED) is 0.604.